The van der Waals surface area contributed by atoms with E-state index in [1.807, 2.05) is 6.07 Å². The highest BCUT2D eigenvalue weighted by Crippen LogP contribution is 2.27. The molecule has 0 aliphatic rings. The minimum absolute atomic E-state index is 0.280. The van der Waals surface area contributed by atoms with E-state index in [0.29, 0.717) is 0 Å². The number of nitrogens with zero attached hydrogens (tertiary/aromatic N) is 1. The van der Waals surface area contributed by atoms with Crippen LogP contribution in [0.15, 0.2) is 41.1 Å². The Kier molecular flexibility index (Phi) is 3.85. The van der Waals surface area contributed by atoms with Gasteiger partial charge in [0, 0.05) is 6.42 Å². The first-order chi connectivity index (χ1) is 8.61. The van der Waals surface area contributed by atoms with Crippen LogP contribution in [0.25, 0.3) is 0 Å². The molecule has 0 aliphatic carbocycles. The molecule has 96 valence electrons. The van der Waals surface area contributed by atoms with E-state index in [4.69, 9.17) is 4.42 Å². The molecule has 1 aromatic heterocycles. The van der Waals surface area contributed by atoms with E-state index in [9.17, 15) is 0 Å². The van der Waals surface area contributed by atoms with Crippen LogP contribution in [-0.2, 0) is 12.8 Å². The van der Waals surface area contributed by atoms with Gasteiger partial charge >= 0.3 is 0 Å². The lowest BCUT2D eigenvalue weighted by Crippen LogP contribution is -2.14. The lowest BCUT2D eigenvalue weighted by Gasteiger charge is -2.21. The third kappa shape index (κ3) is 3.22. The molecule has 0 spiro atoms. The molecule has 2 heteroatoms. The van der Waals surface area contributed by atoms with E-state index in [2.05, 4.69) is 50.0 Å². The zero-order chi connectivity index (χ0) is 13.0. The van der Waals surface area contributed by atoms with Gasteiger partial charge in [0.2, 0.25) is 0 Å². The van der Waals surface area contributed by atoms with Crippen molar-refractivity contribution in [2.45, 2.75) is 40.0 Å². The molecule has 0 saturated carbocycles. The van der Waals surface area contributed by atoms with Crippen molar-refractivity contribution in [3.8, 4) is 0 Å². The van der Waals surface area contributed by atoms with Gasteiger partial charge in [0.15, 0.2) is 6.39 Å². The lowest BCUT2D eigenvalue weighted by atomic mass is 9.84. The van der Waals surface area contributed by atoms with Crippen molar-refractivity contribution in [2.24, 2.45) is 5.41 Å². The summed E-state index contributed by atoms with van der Waals surface area (Å²) in [6.07, 6.45) is 4.52. The highest BCUT2D eigenvalue weighted by atomic mass is 16.3. The lowest BCUT2D eigenvalue weighted by molar-refractivity contribution is 0.343. The van der Waals surface area contributed by atoms with Crippen LogP contribution in [0.2, 0.25) is 0 Å². The first-order valence-corrected chi connectivity index (χ1v) is 6.56. The molecule has 1 heterocycles. The predicted octanol–water partition coefficient (Wildman–Crippen LogP) is 4.24. The van der Waals surface area contributed by atoms with E-state index in [1.54, 1.807) is 6.39 Å². The molecule has 2 nitrogen and oxygen atoms in total. The first kappa shape index (κ1) is 12.9. The molecule has 0 fully saturated rings. The number of benzene rings is 1. The Labute approximate surface area is 109 Å². The smallest absolute Gasteiger partial charge is 0.181 e. The Bertz CT molecular complexity index is 485. The van der Waals surface area contributed by atoms with Crippen molar-refractivity contribution in [1.29, 1.82) is 0 Å². The summed E-state index contributed by atoms with van der Waals surface area (Å²) in [4.78, 5) is 4.38. The molecule has 0 saturated heterocycles. The van der Waals surface area contributed by atoms with Gasteiger partial charge in [-0.05, 0) is 17.4 Å². The maximum atomic E-state index is 5.55. The molecule has 0 amide bonds. The zero-order valence-corrected chi connectivity index (χ0v) is 11.4. The van der Waals surface area contributed by atoms with Crippen LogP contribution < -0.4 is 0 Å². The van der Waals surface area contributed by atoms with Crippen molar-refractivity contribution < 1.29 is 4.42 Å². The Balaban J connectivity index is 2.13. The predicted molar refractivity (Wildman–Crippen MR) is 73.5 cm³/mol. The summed E-state index contributed by atoms with van der Waals surface area (Å²) >= 11 is 0. The van der Waals surface area contributed by atoms with Crippen LogP contribution in [0, 0.1) is 5.41 Å². The third-order valence-corrected chi connectivity index (χ3v) is 3.54. The molecule has 2 rings (SSSR count). The summed E-state index contributed by atoms with van der Waals surface area (Å²) in [5.74, 6) is 1.00. The van der Waals surface area contributed by atoms with E-state index >= 15 is 0 Å². The maximum absolute atomic E-state index is 5.55. The Hall–Kier alpha value is -1.57. The Morgan fingerprint density at radius 2 is 1.89 bits per heavy atom. The SMILES string of the molecule is CCC(C)(C)Cc1ncoc1Cc1ccccc1. The number of hydrogen-bond acceptors (Lipinski definition) is 2. The van der Waals surface area contributed by atoms with Gasteiger partial charge in [-0.2, -0.15) is 0 Å². The third-order valence-electron chi connectivity index (χ3n) is 3.54. The molecule has 1 aromatic carbocycles. The van der Waals surface area contributed by atoms with Crippen LogP contribution >= 0.6 is 0 Å². The highest BCUT2D eigenvalue weighted by Gasteiger charge is 2.20. The van der Waals surface area contributed by atoms with Crippen molar-refractivity contribution in [1.82, 2.24) is 4.98 Å². The molecule has 2 aromatic rings. The summed E-state index contributed by atoms with van der Waals surface area (Å²) in [5.41, 5.74) is 2.65. The van der Waals surface area contributed by atoms with Gasteiger partial charge in [-0.15, -0.1) is 0 Å². The monoisotopic (exact) mass is 243 g/mol. The summed E-state index contributed by atoms with van der Waals surface area (Å²) < 4.78 is 5.55. The second kappa shape index (κ2) is 5.38. The standard InChI is InChI=1S/C16H21NO/c1-4-16(2,3)11-14-15(18-12-17-14)10-13-8-6-5-7-9-13/h5-9,12H,4,10-11H2,1-3H3. The summed E-state index contributed by atoms with van der Waals surface area (Å²) in [7, 11) is 0. The quantitative estimate of drug-likeness (QED) is 0.785. The first-order valence-electron chi connectivity index (χ1n) is 6.56. The molecule has 0 aliphatic heterocycles. The van der Waals surface area contributed by atoms with Gasteiger partial charge in [0.25, 0.3) is 0 Å². The Morgan fingerprint density at radius 1 is 1.17 bits per heavy atom. The van der Waals surface area contributed by atoms with Crippen LogP contribution in [0.4, 0.5) is 0 Å². The fourth-order valence-corrected chi connectivity index (χ4v) is 1.94. The van der Waals surface area contributed by atoms with E-state index in [0.717, 1.165) is 30.7 Å². The largest absolute Gasteiger partial charge is 0.448 e. The highest BCUT2D eigenvalue weighted by molar-refractivity contribution is 5.23. The molecular weight excluding hydrogens is 222 g/mol. The fraction of sp³-hybridized carbons (Fsp3) is 0.438. The van der Waals surface area contributed by atoms with Gasteiger partial charge in [-0.25, -0.2) is 4.98 Å². The number of hydrogen-bond donors (Lipinski definition) is 0. The summed E-state index contributed by atoms with van der Waals surface area (Å²) in [6, 6.07) is 10.4. The van der Waals surface area contributed by atoms with Crippen LogP contribution in [0.5, 0.6) is 0 Å². The fourth-order valence-electron chi connectivity index (χ4n) is 1.94. The van der Waals surface area contributed by atoms with E-state index in [1.165, 1.54) is 5.56 Å². The Morgan fingerprint density at radius 3 is 2.56 bits per heavy atom. The van der Waals surface area contributed by atoms with Crippen LogP contribution in [0.3, 0.4) is 0 Å². The molecule has 0 unspecified atom stereocenters. The van der Waals surface area contributed by atoms with Gasteiger partial charge in [0.1, 0.15) is 5.76 Å². The normalized spacial score (nSPS) is 11.7. The second-order valence-electron chi connectivity index (χ2n) is 5.58. The molecule has 0 bridgehead atoms. The zero-order valence-electron chi connectivity index (χ0n) is 11.4. The minimum atomic E-state index is 0.280. The van der Waals surface area contributed by atoms with Crippen molar-refractivity contribution in [3.05, 3.63) is 53.7 Å². The minimum Gasteiger partial charge on any atom is -0.448 e. The molecular formula is C16H21NO. The van der Waals surface area contributed by atoms with Crippen molar-refractivity contribution in [3.63, 3.8) is 0 Å². The van der Waals surface area contributed by atoms with Crippen LogP contribution in [0.1, 0.15) is 44.2 Å². The van der Waals surface area contributed by atoms with Gasteiger partial charge in [0.05, 0.1) is 5.69 Å². The maximum Gasteiger partial charge on any atom is 0.181 e. The number of aromatic nitrogens is 1. The topological polar surface area (TPSA) is 26.0 Å². The molecule has 0 N–H and O–H groups in total. The average Bonchev–Trinajstić information content (AvgIpc) is 2.77. The number of oxazole rings is 1. The molecule has 0 radical (unpaired) electrons. The van der Waals surface area contributed by atoms with E-state index in [-0.39, 0.29) is 5.41 Å². The van der Waals surface area contributed by atoms with Crippen molar-refractivity contribution in [2.75, 3.05) is 0 Å². The van der Waals surface area contributed by atoms with Crippen molar-refractivity contribution >= 4 is 0 Å². The van der Waals surface area contributed by atoms with Crippen LogP contribution in [-0.4, -0.2) is 4.98 Å². The number of rotatable bonds is 5. The second-order valence-corrected chi connectivity index (χ2v) is 5.58. The van der Waals surface area contributed by atoms with Gasteiger partial charge in [-0.3, -0.25) is 0 Å². The average molecular weight is 243 g/mol. The summed E-state index contributed by atoms with van der Waals surface area (Å²) in [5, 5.41) is 0. The van der Waals surface area contributed by atoms with Gasteiger partial charge < -0.3 is 4.42 Å². The summed E-state index contributed by atoms with van der Waals surface area (Å²) in [6.45, 7) is 6.76. The molecule has 0 atom stereocenters. The van der Waals surface area contributed by atoms with Gasteiger partial charge in [-0.1, -0.05) is 57.5 Å². The van der Waals surface area contributed by atoms with E-state index < -0.39 is 0 Å². The molecule has 18 heavy (non-hydrogen) atoms.